The number of unbranched alkanes of at least 4 members (excludes halogenated alkanes) is 3. The van der Waals surface area contributed by atoms with Crippen LogP contribution in [0.2, 0.25) is 0 Å². The molecule has 72 valence electrons. The molecule has 0 amide bonds. The SMILES string of the molecule is CCCCCCC(=O)O[SH](=O)=O. The summed E-state index contributed by atoms with van der Waals surface area (Å²) in [7, 11) is -3.01. The Labute approximate surface area is 74.1 Å². The fraction of sp³-hybridized carbons (Fsp3) is 0.857. The first kappa shape index (κ1) is 11.4. The summed E-state index contributed by atoms with van der Waals surface area (Å²) in [5.41, 5.74) is 0. The quantitative estimate of drug-likeness (QED) is 0.506. The van der Waals surface area contributed by atoms with Crippen LogP contribution in [0.25, 0.3) is 0 Å². The first-order valence-electron chi connectivity index (χ1n) is 4.02. The summed E-state index contributed by atoms with van der Waals surface area (Å²) in [6.07, 6.45) is 4.00. The Morgan fingerprint density at radius 2 is 1.92 bits per heavy atom. The molecule has 0 bridgehead atoms. The van der Waals surface area contributed by atoms with Gasteiger partial charge in [0.1, 0.15) is 0 Å². The van der Waals surface area contributed by atoms with Gasteiger partial charge in [-0.1, -0.05) is 26.2 Å². The van der Waals surface area contributed by atoms with Crippen LogP contribution in [0, 0.1) is 0 Å². The van der Waals surface area contributed by atoms with Crippen molar-refractivity contribution in [3.05, 3.63) is 0 Å². The molecule has 0 saturated heterocycles. The third kappa shape index (κ3) is 7.53. The van der Waals surface area contributed by atoms with Crippen LogP contribution in [-0.2, 0) is 20.0 Å². The van der Waals surface area contributed by atoms with E-state index in [1.165, 1.54) is 0 Å². The van der Waals surface area contributed by atoms with Gasteiger partial charge in [0.05, 0.1) is 0 Å². The molecular weight excluding hydrogens is 180 g/mol. The largest absolute Gasteiger partial charge is 0.348 e. The van der Waals surface area contributed by atoms with Crippen molar-refractivity contribution in [1.29, 1.82) is 0 Å². The van der Waals surface area contributed by atoms with Crippen LogP contribution in [-0.4, -0.2) is 14.4 Å². The van der Waals surface area contributed by atoms with Crippen molar-refractivity contribution in [1.82, 2.24) is 0 Å². The van der Waals surface area contributed by atoms with Gasteiger partial charge in [0.25, 0.3) is 0 Å². The lowest BCUT2D eigenvalue weighted by Gasteiger charge is -1.96. The molecule has 4 nitrogen and oxygen atoms in total. The van der Waals surface area contributed by atoms with E-state index in [1.54, 1.807) is 0 Å². The predicted molar refractivity (Wildman–Crippen MR) is 45.2 cm³/mol. The lowest BCUT2D eigenvalue weighted by Crippen LogP contribution is -2.02. The lowest BCUT2D eigenvalue weighted by molar-refractivity contribution is -0.133. The molecule has 0 N–H and O–H groups in total. The van der Waals surface area contributed by atoms with Gasteiger partial charge in [-0.05, 0) is 6.42 Å². The lowest BCUT2D eigenvalue weighted by atomic mass is 10.2. The van der Waals surface area contributed by atoms with E-state index in [0.29, 0.717) is 6.42 Å². The molecule has 0 heterocycles. The monoisotopic (exact) mass is 194 g/mol. The zero-order valence-corrected chi connectivity index (χ0v) is 8.01. The third-order valence-electron chi connectivity index (χ3n) is 1.41. The van der Waals surface area contributed by atoms with E-state index in [1.807, 2.05) is 0 Å². The number of carbonyl (C=O) groups excluding carboxylic acids is 1. The molecule has 0 aliphatic rings. The molecule has 0 unspecified atom stereocenters. The van der Waals surface area contributed by atoms with E-state index in [-0.39, 0.29) is 6.42 Å². The zero-order chi connectivity index (χ0) is 9.40. The van der Waals surface area contributed by atoms with Crippen molar-refractivity contribution in [2.45, 2.75) is 39.0 Å². The molecule has 0 rings (SSSR count). The highest BCUT2D eigenvalue weighted by atomic mass is 32.2. The summed E-state index contributed by atoms with van der Waals surface area (Å²) in [5, 5.41) is 0. The van der Waals surface area contributed by atoms with E-state index in [4.69, 9.17) is 0 Å². The average Bonchev–Trinajstić information content (AvgIpc) is 1.97. The topological polar surface area (TPSA) is 60.4 Å². The standard InChI is InChI=1S/C7H14O4S/c1-2-3-4-5-6-7(8)11-12(9)10/h12H,2-6H2,1H3. The summed E-state index contributed by atoms with van der Waals surface area (Å²) in [6.45, 7) is 2.06. The fourth-order valence-electron chi connectivity index (χ4n) is 0.825. The highest BCUT2D eigenvalue weighted by Gasteiger charge is 2.02. The smallest absolute Gasteiger partial charge is 0.321 e. The molecule has 0 aromatic rings. The zero-order valence-electron chi connectivity index (χ0n) is 7.12. The number of rotatable bonds is 6. The molecule has 12 heavy (non-hydrogen) atoms. The van der Waals surface area contributed by atoms with Gasteiger partial charge in [-0.25, -0.2) is 0 Å². The number of hydrogen-bond acceptors (Lipinski definition) is 4. The van der Waals surface area contributed by atoms with Gasteiger partial charge in [-0.2, -0.15) is 8.42 Å². The van der Waals surface area contributed by atoms with Crippen molar-refractivity contribution in [2.75, 3.05) is 0 Å². The Morgan fingerprint density at radius 3 is 2.42 bits per heavy atom. The number of carbonyl (C=O) groups is 1. The minimum absolute atomic E-state index is 0.198. The summed E-state index contributed by atoms with van der Waals surface area (Å²) in [5.74, 6) is -0.651. The molecule has 0 aromatic carbocycles. The molecule has 0 saturated carbocycles. The van der Waals surface area contributed by atoms with E-state index >= 15 is 0 Å². The van der Waals surface area contributed by atoms with Crippen LogP contribution in [0.1, 0.15) is 39.0 Å². The van der Waals surface area contributed by atoms with Crippen molar-refractivity contribution in [3.8, 4) is 0 Å². The number of hydrogen-bond donors (Lipinski definition) is 1. The van der Waals surface area contributed by atoms with Crippen LogP contribution in [0.5, 0.6) is 0 Å². The first-order valence-corrected chi connectivity index (χ1v) is 5.11. The fourth-order valence-corrected chi connectivity index (χ4v) is 1.08. The molecule has 5 heteroatoms. The highest BCUT2D eigenvalue weighted by Crippen LogP contribution is 2.03. The van der Waals surface area contributed by atoms with E-state index in [0.717, 1.165) is 19.3 Å². The molecule has 0 spiro atoms. The second-order valence-corrected chi connectivity index (χ2v) is 3.13. The maximum atomic E-state index is 10.6. The minimum Gasteiger partial charge on any atom is -0.348 e. The normalized spacial score (nSPS) is 10.2. The minimum atomic E-state index is -3.01. The second-order valence-electron chi connectivity index (χ2n) is 2.50. The Kier molecular flexibility index (Phi) is 6.75. The van der Waals surface area contributed by atoms with Crippen molar-refractivity contribution in [2.24, 2.45) is 0 Å². The van der Waals surface area contributed by atoms with Gasteiger partial charge in [-0.3, -0.25) is 4.79 Å². The molecule has 0 fully saturated rings. The Bertz CT molecular complexity index is 190. The van der Waals surface area contributed by atoms with Gasteiger partial charge in [-0.15, -0.1) is 0 Å². The average molecular weight is 194 g/mol. The van der Waals surface area contributed by atoms with Gasteiger partial charge >= 0.3 is 17.0 Å². The van der Waals surface area contributed by atoms with E-state index in [2.05, 4.69) is 11.1 Å². The predicted octanol–water partition coefficient (Wildman–Crippen LogP) is 1.03. The molecule has 0 radical (unpaired) electrons. The van der Waals surface area contributed by atoms with Crippen molar-refractivity contribution < 1.29 is 17.4 Å². The molecule has 0 atom stereocenters. The molecular formula is C7H14O4S. The maximum Gasteiger partial charge on any atom is 0.321 e. The van der Waals surface area contributed by atoms with Gasteiger partial charge < -0.3 is 4.18 Å². The van der Waals surface area contributed by atoms with Crippen molar-refractivity contribution in [3.63, 3.8) is 0 Å². The summed E-state index contributed by atoms with van der Waals surface area (Å²) >= 11 is 0. The third-order valence-corrected chi connectivity index (χ3v) is 1.76. The maximum absolute atomic E-state index is 10.6. The van der Waals surface area contributed by atoms with Crippen LogP contribution in [0.3, 0.4) is 0 Å². The van der Waals surface area contributed by atoms with E-state index < -0.39 is 17.0 Å². The molecule has 0 aliphatic carbocycles. The second kappa shape index (κ2) is 7.09. The Balaban J connectivity index is 3.32. The van der Waals surface area contributed by atoms with Gasteiger partial charge in [0, 0.05) is 6.42 Å². The van der Waals surface area contributed by atoms with Crippen LogP contribution < -0.4 is 0 Å². The molecule has 0 aliphatic heterocycles. The van der Waals surface area contributed by atoms with Crippen LogP contribution >= 0.6 is 0 Å². The Morgan fingerprint density at radius 1 is 1.25 bits per heavy atom. The summed E-state index contributed by atoms with van der Waals surface area (Å²) < 4.78 is 23.7. The summed E-state index contributed by atoms with van der Waals surface area (Å²) in [6, 6.07) is 0. The first-order chi connectivity index (χ1) is 5.66. The van der Waals surface area contributed by atoms with Crippen LogP contribution in [0.15, 0.2) is 0 Å². The Hall–Kier alpha value is -0.580. The van der Waals surface area contributed by atoms with Crippen LogP contribution in [0.4, 0.5) is 0 Å². The van der Waals surface area contributed by atoms with Crippen molar-refractivity contribution >= 4 is 17.0 Å². The molecule has 0 aromatic heterocycles. The highest BCUT2D eigenvalue weighted by molar-refractivity contribution is 7.67. The van der Waals surface area contributed by atoms with Gasteiger partial charge in [0.2, 0.25) is 0 Å². The van der Waals surface area contributed by atoms with E-state index in [9.17, 15) is 13.2 Å². The number of thiol groups is 1. The summed E-state index contributed by atoms with van der Waals surface area (Å²) in [4.78, 5) is 10.6. The van der Waals surface area contributed by atoms with Gasteiger partial charge in [0.15, 0.2) is 0 Å².